The summed E-state index contributed by atoms with van der Waals surface area (Å²) in [7, 11) is 0. The van der Waals surface area contributed by atoms with Gasteiger partial charge in [0.1, 0.15) is 6.61 Å². The molecule has 8 nitrogen and oxygen atoms in total. The van der Waals surface area contributed by atoms with Crippen LogP contribution in [0, 0.1) is 28.6 Å². The molecule has 0 radical (unpaired) electrons. The van der Waals surface area contributed by atoms with Crippen molar-refractivity contribution in [1.82, 2.24) is 5.43 Å². The van der Waals surface area contributed by atoms with Gasteiger partial charge in [-0.1, -0.05) is 6.92 Å². The lowest BCUT2D eigenvalue weighted by Crippen LogP contribution is -2.68. The fourth-order valence-corrected chi connectivity index (χ4v) is 8.62. The molecule has 1 aliphatic heterocycles. The molecule has 6 N–H and O–H groups in total. The second-order valence-corrected chi connectivity index (χ2v) is 11.7. The third-order valence-electron chi connectivity index (χ3n) is 10.1. The SMILES string of the molecule is CC12CC[C@H]3[C@@H](CCC4(O)C[C@H](O)CCC34/C=N/NC(N)=S)C1(O)CCC2C1=CC(=O)OC1. The molecule has 4 saturated carbocycles. The summed E-state index contributed by atoms with van der Waals surface area (Å²) in [5.74, 6) is -0.161. The summed E-state index contributed by atoms with van der Waals surface area (Å²) in [6.45, 7) is 2.49. The van der Waals surface area contributed by atoms with Gasteiger partial charge in [0.2, 0.25) is 0 Å². The Bertz CT molecular complexity index is 926. The van der Waals surface area contributed by atoms with Gasteiger partial charge in [0, 0.05) is 29.5 Å². The molecule has 0 bridgehead atoms. The molecule has 4 fully saturated rings. The molecule has 33 heavy (non-hydrogen) atoms. The number of rotatable bonds is 3. The maximum absolute atomic E-state index is 12.3. The lowest BCUT2D eigenvalue weighted by atomic mass is 9.41. The van der Waals surface area contributed by atoms with Gasteiger partial charge in [-0.15, -0.1) is 0 Å². The highest BCUT2D eigenvalue weighted by molar-refractivity contribution is 7.80. The molecule has 0 aromatic rings. The first-order valence-corrected chi connectivity index (χ1v) is 12.6. The average Bonchev–Trinajstić information content (AvgIpc) is 3.28. The van der Waals surface area contributed by atoms with Gasteiger partial charge in [-0.05, 0) is 86.9 Å². The van der Waals surface area contributed by atoms with Crippen LogP contribution in [-0.2, 0) is 9.53 Å². The van der Waals surface area contributed by atoms with E-state index in [-0.39, 0.29) is 34.3 Å². The van der Waals surface area contributed by atoms with Crippen LogP contribution in [0.15, 0.2) is 16.8 Å². The van der Waals surface area contributed by atoms with Crippen LogP contribution >= 0.6 is 12.2 Å². The zero-order valence-electron chi connectivity index (χ0n) is 19.1. The maximum Gasteiger partial charge on any atom is 0.331 e. The summed E-state index contributed by atoms with van der Waals surface area (Å²) in [4.78, 5) is 11.7. The molecule has 182 valence electrons. The Kier molecular flexibility index (Phi) is 5.44. The van der Waals surface area contributed by atoms with E-state index in [9.17, 15) is 20.1 Å². The van der Waals surface area contributed by atoms with Crippen molar-refractivity contribution in [3.8, 4) is 0 Å². The minimum Gasteiger partial charge on any atom is -0.458 e. The van der Waals surface area contributed by atoms with E-state index in [1.165, 1.54) is 0 Å². The third kappa shape index (κ3) is 3.22. The second kappa shape index (κ2) is 7.73. The van der Waals surface area contributed by atoms with Crippen molar-refractivity contribution in [1.29, 1.82) is 0 Å². The molecule has 5 unspecified atom stereocenters. The number of hydrogen-bond donors (Lipinski definition) is 5. The fraction of sp³-hybridized carbons (Fsp3) is 0.792. The van der Waals surface area contributed by atoms with Crippen molar-refractivity contribution in [3.05, 3.63) is 11.6 Å². The number of hydrogen-bond acceptors (Lipinski definition) is 7. The number of esters is 1. The number of nitrogens with zero attached hydrogens (tertiary/aromatic N) is 1. The minimum absolute atomic E-state index is 0.00771. The standard InChI is InChI=1S/C24H35N3O5S/c1-21-6-3-17-18(24(21,31)9-5-16(21)14-10-19(29)32-12-14)4-8-23(30)11-15(28)2-7-22(17,23)13-26-27-20(25)33/h10,13,15-18,28,30-31H,2-9,11-12H2,1H3,(H3,25,27,33)/b26-13+/t15-,16?,17+,18-,21?,22?,23?,24?/m1/s1. The summed E-state index contributed by atoms with van der Waals surface area (Å²) < 4.78 is 5.20. The molecule has 0 aromatic heterocycles. The normalized spacial score (nSPS) is 49.1. The fourth-order valence-electron chi connectivity index (χ4n) is 8.57. The number of thiocarbonyl (C=S) groups is 1. The van der Waals surface area contributed by atoms with Gasteiger partial charge >= 0.3 is 5.97 Å². The van der Waals surface area contributed by atoms with Crippen LogP contribution in [-0.4, -0.2) is 56.5 Å². The molecular weight excluding hydrogens is 442 g/mol. The molecule has 0 spiro atoms. The number of aliphatic hydroxyl groups is 3. The molecule has 4 aliphatic carbocycles. The first-order valence-electron chi connectivity index (χ1n) is 12.1. The van der Waals surface area contributed by atoms with E-state index in [4.69, 9.17) is 22.7 Å². The predicted molar refractivity (Wildman–Crippen MR) is 126 cm³/mol. The lowest BCUT2D eigenvalue weighted by molar-refractivity contribution is -0.237. The number of nitrogens with two attached hydrogens (primary N) is 1. The number of hydrazone groups is 1. The van der Waals surface area contributed by atoms with Crippen molar-refractivity contribution in [3.63, 3.8) is 0 Å². The Balaban J connectivity index is 1.52. The number of cyclic esters (lactones) is 1. The van der Waals surface area contributed by atoms with Crippen LogP contribution in [0.4, 0.5) is 0 Å². The molecular formula is C24H35N3O5S. The Morgan fingerprint density at radius 1 is 1.21 bits per heavy atom. The quantitative estimate of drug-likeness (QED) is 0.179. The highest BCUT2D eigenvalue weighted by atomic mass is 32.1. The van der Waals surface area contributed by atoms with Crippen LogP contribution in [0.5, 0.6) is 0 Å². The maximum atomic E-state index is 12.3. The number of ether oxygens (including phenoxy) is 1. The minimum atomic E-state index is -1.09. The summed E-state index contributed by atoms with van der Waals surface area (Å²) in [6, 6.07) is 0. The lowest BCUT2D eigenvalue weighted by Gasteiger charge is -2.65. The molecule has 9 heteroatoms. The topological polar surface area (TPSA) is 137 Å². The third-order valence-corrected chi connectivity index (χ3v) is 10.2. The largest absolute Gasteiger partial charge is 0.458 e. The van der Waals surface area contributed by atoms with Gasteiger partial charge in [0.05, 0.1) is 17.3 Å². The summed E-state index contributed by atoms with van der Waals surface area (Å²) in [5, 5.41) is 39.0. The van der Waals surface area contributed by atoms with Gasteiger partial charge < -0.3 is 25.8 Å². The van der Waals surface area contributed by atoms with Gasteiger partial charge in [-0.25, -0.2) is 4.79 Å². The molecule has 5 aliphatic rings. The average molecular weight is 478 g/mol. The highest BCUT2D eigenvalue weighted by Gasteiger charge is 2.71. The summed E-state index contributed by atoms with van der Waals surface area (Å²) in [5.41, 5.74) is 6.20. The van der Waals surface area contributed by atoms with Crippen LogP contribution in [0.25, 0.3) is 0 Å². The first kappa shape index (κ1) is 23.2. The van der Waals surface area contributed by atoms with Gasteiger partial charge in [0.15, 0.2) is 5.11 Å². The zero-order valence-corrected chi connectivity index (χ0v) is 19.9. The molecule has 0 aromatic carbocycles. The van der Waals surface area contributed by atoms with E-state index in [1.807, 2.05) is 0 Å². The Morgan fingerprint density at radius 3 is 2.67 bits per heavy atom. The Hall–Kier alpha value is -1.55. The van der Waals surface area contributed by atoms with Crippen LogP contribution in [0.3, 0.4) is 0 Å². The van der Waals surface area contributed by atoms with Crippen LogP contribution in [0.1, 0.15) is 64.7 Å². The monoisotopic (exact) mass is 477 g/mol. The second-order valence-electron chi connectivity index (χ2n) is 11.3. The van der Waals surface area contributed by atoms with E-state index in [0.717, 1.165) is 24.8 Å². The molecule has 1 heterocycles. The van der Waals surface area contributed by atoms with Crippen molar-refractivity contribution in [2.45, 2.75) is 82.0 Å². The van der Waals surface area contributed by atoms with Crippen LogP contribution < -0.4 is 11.2 Å². The smallest absolute Gasteiger partial charge is 0.331 e. The zero-order chi connectivity index (χ0) is 23.6. The predicted octanol–water partition coefficient (Wildman–Crippen LogP) is 1.52. The van der Waals surface area contributed by atoms with E-state index < -0.39 is 22.7 Å². The van der Waals surface area contributed by atoms with Gasteiger partial charge in [0.25, 0.3) is 0 Å². The van der Waals surface area contributed by atoms with E-state index in [1.54, 1.807) is 12.3 Å². The molecule has 5 rings (SSSR count). The first-order chi connectivity index (χ1) is 15.5. The van der Waals surface area contributed by atoms with Crippen molar-refractivity contribution < 1.29 is 24.9 Å². The van der Waals surface area contributed by atoms with Crippen molar-refractivity contribution in [2.75, 3.05) is 6.61 Å². The van der Waals surface area contributed by atoms with Crippen LogP contribution in [0.2, 0.25) is 0 Å². The highest BCUT2D eigenvalue weighted by Crippen LogP contribution is 2.70. The van der Waals surface area contributed by atoms with Gasteiger partial charge in [-0.3, -0.25) is 5.43 Å². The van der Waals surface area contributed by atoms with Crippen molar-refractivity contribution in [2.24, 2.45) is 39.4 Å². The van der Waals surface area contributed by atoms with Gasteiger partial charge in [-0.2, -0.15) is 5.10 Å². The summed E-state index contributed by atoms with van der Waals surface area (Å²) in [6.07, 6.45) is 8.63. The van der Waals surface area contributed by atoms with E-state index >= 15 is 0 Å². The molecule has 8 atom stereocenters. The number of carbonyl (C=O) groups excluding carboxylic acids is 1. The number of aliphatic hydroxyl groups excluding tert-OH is 1. The number of fused-ring (bicyclic) bond motifs is 5. The van der Waals surface area contributed by atoms with Crippen molar-refractivity contribution >= 4 is 29.5 Å². The van der Waals surface area contributed by atoms with E-state index in [2.05, 4.69) is 17.5 Å². The Labute approximate surface area is 199 Å². The summed E-state index contributed by atoms with van der Waals surface area (Å²) >= 11 is 4.91. The Morgan fingerprint density at radius 2 is 1.97 bits per heavy atom. The number of nitrogens with one attached hydrogen (secondary N) is 1. The number of carbonyl (C=O) groups is 1. The molecule has 0 amide bonds. The molecule has 0 saturated heterocycles. The van der Waals surface area contributed by atoms with E-state index in [0.29, 0.717) is 45.1 Å².